The van der Waals surface area contributed by atoms with Gasteiger partial charge in [0.15, 0.2) is 0 Å². The van der Waals surface area contributed by atoms with Crippen molar-refractivity contribution < 1.29 is 9.53 Å². The molecular formula is C27H37N7O2. The van der Waals surface area contributed by atoms with E-state index in [0.29, 0.717) is 19.7 Å². The first kappa shape index (κ1) is 24.7. The van der Waals surface area contributed by atoms with Gasteiger partial charge in [-0.15, -0.1) is 0 Å². The highest BCUT2D eigenvalue weighted by molar-refractivity contribution is 5.76. The summed E-state index contributed by atoms with van der Waals surface area (Å²) < 4.78 is 5.46. The van der Waals surface area contributed by atoms with Crippen LogP contribution in [-0.2, 0) is 35.7 Å². The van der Waals surface area contributed by atoms with Crippen LogP contribution in [0.25, 0.3) is 0 Å². The Kier molecular flexibility index (Phi) is 7.79. The minimum Gasteiger partial charge on any atom is -0.465 e. The number of rotatable bonds is 10. The molecule has 2 aromatic heterocycles. The summed E-state index contributed by atoms with van der Waals surface area (Å²) >= 11 is 0. The van der Waals surface area contributed by atoms with E-state index < -0.39 is 0 Å². The Bertz CT molecular complexity index is 1040. The van der Waals surface area contributed by atoms with Crippen molar-refractivity contribution in [3.05, 3.63) is 71.8 Å². The third-order valence-electron chi connectivity index (χ3n) is 7.50. The SMILES string of the molecule is CCOC(=O)[C@H]1CC2(CCNCC2)CN1Cc1ccc(CN(Cc2ncc[nH]2)Cc2ncc[nH]2)cc1. The fraction of sp³-hybridized carbons (Fsp3) is 0.519. The molecule has 0 radical (unpaired) electrons. The molecule has 1 aromatic carbocycles. The fourth-order valence-electron chi connectivity index (χ4n) is 5.70. The Balaban J connectivity index is 1.25. The lowest BCUT2D eigenvalue weighted by atomic mass is 9.77. The summed E-state index contributed by atoms with van der Waals surface area (Å²) in [5, 5.41) is 3.47. The van der Waals surface area contributed by atoms with Gasteiger partial charge in [0.1, 0.15) is 17.7 Å². The molecule has 0 amide bonds. The Morgan fingerprint density at radius 2 is 1.67 bits per heavy atom. The van der Waals surface area contributed by atoms with Crippen molar-refractivity contribution in [2.24, 2.45) is 5.41 Å². The molecule has 192 valence electrons. The molecule has 0 bridgehead atoms. The van der Waals surface area contributed by atoms with Crippen LogP contribution in [0, 0.1) is 5.41 Å². The summed E-state index contributed by atoms with van der Waals surface area (Å²) in [6.07, 6.45) is 10.4. The zero-order chi connectivity index (χ0) is 24.8. The van der Waals surface area contributed by atoms with Gasteiger partial charge in [-0.05, 0) is 55.8 Å². The van der Waals surface area contributed by atoms with Crippen LogP contribution in [0.4, 0.5) is 0 Å². The molecule has 0 aliphatic carbocycles. The van der Waals surface area contributed by atoms with Gasteiger partial charge in [0.25, 0.3) is 0 Å². The van der Waals surface area contributed by atoms with Crippen molar-refractivity contribution >= 4 is 5.97 Å². The van der Waals surface area contributed by atoms with Gasteiger partial charge >= 0.3 is 5.97 Å². The number of aromatic nitrogens is 4. The predicted octanol–water partition coefficient (Wildman–Crippen LogP) is 2.84. The van der Waals surface area contributed by atoms with Crippen LogP contribution in [0.3, 0.4) is 0 Å². The maximum absolute atomic E-state index is 12.8. The number of likely N-dealkylation sites (tertiary alicyclic amines) is 1. The van der Waals surface area contributed by atoms with Crippen molar-refractivity contribution in [2.75, 3.05) is 26.2 Å². The molecule has 2 fully saturated rings. The average Bonchev–Trinajstić information content (AvgIpc) is 3.64. The molecule has 2 aliphatic rings. The Morgan fingerprint density at radius 1 is 1.03 bits per heavy atom. The molecule has 1 atom stereocenters. The van der Waals surface area contributed by atoms with Gasteiger partial charge in [0.05, 0.1) is 19.7 Å². The van der Waals surface area contributed by atoms with Crippen molar-refractivity contribution in [1.82, 2.24) is 35.1 Å². The number of carbonyl (C=O) groups excluding carboxylic acids is 1. The van der Waals surface area contributed by atoms with Crippen molar-refractivity contribution in [3.63, 3.8) is 0 Å². The third kappa shape index (κ3) is 6.03. The minimum absolute atomic E-state index is 0.0731. The molecule has 4 heterocycles. The Morgan fingerprint density at radius 3 is 2.25 bits per heavy atom. The second kappa shape index (κ2) is 11.4. The lowest BCUT2D eigenvalue weighted by Gasteiger charge is -2.33. The second-order valence-electron chi connectivity index (χ2n) is 10.2. The van der Waals surface area contributed by atoms with Crippen LogP contribution in [0.2, 0.25) is 0 Å². The third-order valence-corrected chi connectivity index (χ3v) is 7.50. The van der Waals surface area contributed by atoms with Crippen LogP contribution < -0.4 is 5.32 Å². The van der Waals surface area contributed by atoms with E-state index in [4.69, 9.17) is 4.74 Å². The molecule has 1 spiro atoms. The normalized spacial score (nSPS) is 19.8. The van der Waals surface area contributed by atoms with Gasteiger partial charge in [-0.25, -0.2) is 9.97 Å². The molecule has 3 N–H and O–H groups in total. The second-order valence-corrected chi connectivity index (χ2v) is 10.2. The number of ether oxygens (including phenoxy) is 1. The summed E-state index contributed by atoms with van der Waals surface area (Å²) in [6, 6.07) is 8.64. The molecule has 9 nitrogen and oxygen atoms in total. The van der Waals surface area contributed by atoms with Crippen molar-refractivity contribution in [2.45, 2.75) is 58.4 Å². The zero-order valence-electron chi connectivity index (χ0n) is 21.1. The van der Waals surface area contributed by atoms with E-state index in [-0.39, 0.29) is 17.4 Å². The predicted molar refractivity (Wildman–Crippen MR) is 137 cm³/mol. The first-order valence-electron chi connectivity index (χ1n) is 13.0. The maximum atomic E-state index is 12.8. The number of hydrogen-bond donors (Lipinski definition) is 3. The topological polar surface area (TPSA) is 102 Å². The number of hydrogen-bond acceptors (Lipinski definition) is 7. The molecule has 3 aromatic rings. The standard InChI is InChI=1S/C27H37N7O2/c1-2-36-26(35)23-15-27(7-9-28-10-8-27)20-34(23)17-22-5-3-21(4-6-22)16-33(18-24-29-11-12-30-24)19-25-31-13-14-32-25/h3-6,11-14,23,28H,2,7-10,15-20H2,1H3,(H,29,30)(H,31,32)/t23-/m1/s1. The summed E-state index contributed by atoms with van der Waals surface area (Å²) in [6.45, 7) is 8.31. The highest BCUT2D eigenvalue weighted by atomic mass is 16.5. The molecule has 0 unspecified atom stereocenters. The summed E-state index contributed by atoms with van der Waals surface area (Å²) in [7, 11) is 0. The van der Waals surface area contributed by atoms with Gasteiger partial charge in [0.2, 0.25) is 0 Å². The van der Waals surface area contributed by atoms with Crippen LogP contribution in [-0.4, -0.2) is 68.0 Å². The first-order valence-corrected chi connectivity index (χ1v) is 13.0. The molecule has 0 saturated carbocycles. The van der Waals surface area contributed by atoms with Crippen LogP contribution in [0.1, 0.15) is 49.0 Å². The van der Waals surface area contributed by atoms with Gasteiger partial charge < -0.3 is 20.0 Å². The molecule has 9 heteroatoms. The van der Waals surface area contributed by atoms with Gasteiger partial charge in [-0.2, -0.15) is 0 Å². The highest BCUT2D eigenvalue weighted by Crippen LogP contribution is 2.42. The molecule has 36 heavy (non-hydrogen) atoms. The summed E-state index contributed by atoms with van der Waals surface area (Å²) in [5.41, 5.74) is 2.68. The number of H-pyrrole nitrogens is 2. The summed E-state index contributed by atoms with van der Waals surface area (Å²) in [5.74, 6) is 1.80. The number of esters is 1. The first-order chi connectivity index (χ1) is 17.6. The van der Waals surface area contributed by atoms with Gasteiger partial charge in [0, 0.05) is 44.4 Å². The van der Waals surface area contributed by atoms with Crippen molar-refractivity contribution in [1.29, 1.82) is 0 Å². The number of piperidine rings is 1. The molecule has 5 rings (SSSR count). The van der Waals surface area contributed by atoms with Gasteiger partial charge in [-0.1, -0.05) is 24.3 Å². The number of nitrogens with one attached hydrogen (secondary N) is 3. The smallest absolute Gasteiger partial charge is 0.323 e. The monoisotopic (exact) mass is 491 g/mol. The maximum Gasteiger partial charge on any atom is 0.323 e. The Labute approximate surface area is 212 Å². The number of carbonyl (C=O) groups is 1. The van der Waals surface area contributed by atoms with E-state index in [1.165, 1.54) is 11.1 Å². The zero-order valence-corrected chi connectivity index (χ0v) is 21.1. The summed E-state index contributed by atoms with van der Waals surface area (Å²) in [4.78, 5) is 32.6. The van der Waals surface area contributed by atoms with Crippen LogP contribution >= 0.6 is 0 Å². The van der Waals surface area contributed by atoms with E-state index in [0.717, 1.165) is 63.6 Å². The lowest BCUT2D eigenvalue weighted by molar-refractivity contribution is -0.148. The number of aromatic amines is 2. The number of benzene rings is 1. The molecule has 2 aliphatic heterocycles. The van der Waals surface area contributed by atoms with E-state index in [9.17, 15) is 4.79 Å². The number of nitrogens with zero attached hydrogens (tertiary/aromatic N) is 4. The van der Waals surface area contributed by atoms with Crippen LogP contribution in [0.15, 0.2) is 49.1 Å². The van der Waals surface area contributed by atoms with E-state index in [2.05, 4.69) is 59.3 Å². The average molecular weight is 492 g/mol. The highest BCUT2D eigenvalue weighted by Gasteiger charge is 2.47. The molecular weight excluding hydrogens is 454 g/mol. The van der Waals surface area contributed by atoms with E-state index >= 15 is 0 Å². The number of imidazole rings is 2. The minimum atomic E-state index is -0.153. The van der Waals surface area contributed by atoms with E-state index in [1.807, 2.05) is 19.3 Å². The quantitative estimate of drug-likeness (QED) is 0.375. The van der Waals surface area contributed by atoms with Crippen LogP contribution in [0.5, 0.6) is 0 Å². The van der Waals surface area contributed by atoms with E-state index in [1.54, 1.807) is 12.4 Å². The largest absolute Gasteiger partial charge is 0.465 e. The fourth-order valence-corrected chi connectivity index (χ4v) is 5.70. The van der Waals surface area contributed by atoms with Gasteiger partial charge in [-0.3, -0.25) is 14.6 Å². The van der Waals surface area contributed by atoms with Crippen molar-refractivity contribution in [3.8, 4) is 0 Å². The molecule has 2 saturated heterocycles. The lowest BCUT2D eigenvalue weighted by Crippen LogP contribution is -2.38. The Hall–Kier alpha value is -3.01.